The van der Waals surface area contributed by atoms with Crippen molar-refractivity contribution >= 4 is 5.78 Å². The Bertz CT molecular complexity index is 423. The van der Waals surface area contributed by atoms with Crippen molar-refractivity contribution in [1.82, 2.24) is 5.32 Å². The molecule has 18 heavy (non-hydrogen) atoms. The number of ether oxygens (including phenoxy) is 1. The number of hydrogen-bond donors (Lipinski definition) is 1. The molecule has 1 unspecified atom stereocenters. The Balaban J connectivity index is 3.11. The van der Waals surface area contributed by atoms with Crippen LogP contribution in [0.3, 0.4) is 0 Å². The van der Waals surface area contributed by atoms with Gasteiger partial charge in [0.15, 0.2) is 5.78 Å². The monoisotopic (exact) mass is 249 g/mol. The molecule has 1 rings (SSSR count). The molecule has 0 aromatic heterocycles. The van der Waals surface area contributed by atoms with Gasteiger partial charge in [-0.05, 0) is 57.5 Å². The van der Waals surface area contributed by atoms with Crippen LogP contribution in [0.25, 0.3) is 0 Å². The second kappa shape index (κ2) is 6.55. The predicted octanol–water partition coefficient (Wildman–Crippen LogP) is 2.88. The zero-order valence-corrected chi connectivity index (χ0v) is 12.0. The first-order chi connectivity index (χ1) is 8.54. The van der Waals surface area contributed by atoms with E-state index in [1.165, 1.54) is 0 Å². The normalized spacial score (nSPS) is 12.3. The van der Waals surface area contributed by atoms with Crippen molar-refractivity contribution in [2.45, 2.75) is 40.2 Å². The number of likely N-dealkylation sites (N-methyl/N-ethyl adjacent to an activating group) is 1. The number of carbonyl (C=O) groups excluding carboxylic acids is 1. The lowest BCUT2D eigenvalue weighted by molar-refractivity contribution is 0.0944. The van der Waals surface area contributed by atoms with Crippen LogP contribution in [0.15, 0.2) is 12.1 Å². The average Bonchev–Trinajstić information content (AvgIpc) is 2.35. The molecule has 0 spiro atoms. The molecule has 0 aliphatic rings. The Kier molecular flexibility index (Phi) is 5.35. The summed E-state index contributed by atoms with van der Waals surface area (Å²) in [4.78, 5) is 12.3. The van der Waals surface area contributed by atoms with Gasteiger partial charge < -0.3 is 10.1 Å². The van der Waals surface area contributed by atoms with Crippen molar-refractivity contribution < 1.29 is 9.53 Å². The van der Waals surface area contributed by atoms with Gasteiger partial charge in [-0.2, -0.15) is 0 Å². The van der Waals surface area contributed by atoms with Gasteiger partial charge in [0.05, 0.1) is 12.6 Å². The molecule has 0 aliphatic heterocycles. The number of nitrogens with one attached hydrogen (secondary N) is 1. The van der Waals surface area contributed by atoms with Crippen molar-refractivity contribution in [3.8, 4) is 5.75 Å². The molecule has 0 heterocycles. The van der Waals surface area contributed by atoms with E-state index < -0.39 is 0 Å². The molecule has 0 radical (unpaired) electrons. The second-order valence-electron chi connectivity index (χ2n) is 4.48. The second-order valence-corrected chi connectivity index (χ2v) is 4.48. The van der Waals surface area contributed by atoms with E-state index in [0.29, 0.717) is 6.61 Å². The maximum absolute atomic E-state index is 12.3. The topological polar surface area (TPSA) is 38.3 Å². The van der Waals surface area contributed by atoms with Gasteiger partial charge >= 0.3 is 0 Å². The minimum absolute atomic E-state index is 0.110. The highest BCUT2D eigenvalue weighted by molar-refractivity contribution is 6.01. The van der Waals surface area contributed by atoms with Crippen molar-refractivity contribution in [1.29, 1.82) is 0 Å². The molecule has 1 atom stereocenters. The van der Waals surface area contributed by atoms with Crippen LogP contribution in [0.5, 0.6) is 5.75 Å². The number of hydrogen-bond acceptors (Lipinski definition) is 3. The van der Waals surface area contributed by atoms with E-state index in [-0.39, 0.29) is 11.8 Å². The molecule has 3 heteroatoms. The fourth-order valence-electron chi connectivity index (χ4n) is 2.07. The van der Waals surface area contributed by atoms with Crippen LogP contribution in [-0.4, -0.2) is 25.5 Å². The third kappa shape index (κ3) is 3.10. The summed E-state index contributed by atoms with van der Waals surface area (Å²) in [7, 11) is 1.82. The number of ketones is 1. The fourth-order valence-corrected chi connectivity index (χ4v) is 2.07. The summed E-state index contributed by atoms with van der Waals surface area (Å²) in [5.41, 5.74) is 2.77. The molecule has 0 aliphatic carbocycles. The van der Waals surface area contributed by atoms with Gasteiger partial charge in [-0.1, -0.05) is 6.92 Å². The third-order valence-electron chi connectivity index (χ3n) is 3.16. The van der Waals surface area contributed by atoms with Gasteiger partial charge in [0.1, 0.15) is 5.75 Å². The molecule has 1 aromatic rings. The van der Waals surface area contributed by atoms with Gasteiger partial charge in [-0.15, -0.1) is 0 Å². The number of aryl methyl sites for hydroxylation is 2. The zero-order chi connectivity index (χ0) is 13.7. The van der Waals surface area contributed by atoms with E-state index in [9.17, 15) is 4.79 Å². The summed E-state index contributed by atoms with van der Waals surface area (Å²) < 4.78 is 5.54. The SMILES string of the molecule is CCOc1cc(C)c(C(=O)C(CC)NC)cc1C. The van der Waals surface area contributed by atoms with Gasteiger partial charge in [0, 0.05) is 5.56 Å². The standard InChI is InChI=1S/C15H23NO2/c1-6-13(16-5)15(17)12-8-11(4)14(18-7-2)9-10(12)3/h8-9,13,16H,6-7H2,1-5H3. The Morgan fingerprint density at radius 2 is 1.94 bits per heavy atom. The molecule has 0 saturated carbocycles. The lowest BCUT2D eigenvalue weighted by Gasteiger charge is -2.16. The minimum Gasteiger partial charge on any atom is -0.494 e. The average molecular weight is 249 g/mol. The van der Waals surface area contributed by atoms with E-state index in [2.05, 4.69) is 5.32 Å². The van der Waals surface area contributed by atoms with Crippen LogP contribution < -0.4 is 10.1 Å². The first kappa shape index (κ1) is 14.7. The first-order valence-electron chi connectivity index (χ1n) is 6.50. The molecule has 0 fully saturated rings. The molecule has 1 aromatic carbocycles. The molecule has 0 saturated heterocycles. The number of benzene rings is 1. The van der Waals surface area contributed by atoms with Crippen LogP contribution >= 0.6 is 0 Å². The van der Waals surface area contributed by atoms with Crippen LogP contribution in [0.1, 0.15) is 41.8 Å². The molecule has 3 nitrogen and oxygen atoms in total. The molecule has 100 valence electrons. The number of carbonyl (C=O) groups is 1. The highest BCUT2D eigenvalue weighted by Gasteiger charge is 2.19. The summed E-state index contributed by atoms with van der Waals surface area (Å²) in [6.07, 6.45) is 0.793. The lowest BCUT2D eigenvalue weighted by Crippen LogP contribution is -2.33. The van der Waals surface area contributed by atoms with Crippen molar-refractivity contribution in [3.05, 3.63) is 28.8 Å². The Morgan fingerprint density at radius 1 is 1.28 bits per heavy atom. The predicted molar refractivity (Wildman–Crippen MR) is 74.6 cm³/mol. The smallest absolute Gasteiger partial charge is 0.179 e. The van der Waals surface area contributed by atoms with Crippen molar-refractivity contribution in [3.63, 3.8) is 0 Å². The third-order valence-corrected chi connectivity index (χ3v) is 3.16. The van der Waals surface area contributed by atoms with Crippen LogP contribution in [0, 0.1) is 13.8 Å². The Labute approximate surface area is 110 Å². The quantitative estimate of drug-likeness (QED) is 0.788. The Morgan fingerprint density at radius 3 is 2.44 bits per heavy atom. The summed E-state index contributed by atoms with van der Waals surface area (Å²) in [6.45, 7) is 8.54. The maximum atomic E-state index is 12.3. The fraction of sp³-hybridized carbons (Fsp3) is 0.533. The highest BCUT2D eigenvalue weighted by Crippen LogP contribution is 2.24. The molecular formula is C15H23NO2. The van der Waals surface area contributed by atoms with Crippen molar-refractivity contribution in [2.24, 2.45) is 0 Å². The molecule has 0 bridgehead atoms. The summed E-state index contributed by atoms with van der Waals surface area (Å²) in [5.74, 6) is 1.02. The van der Waals surface area contributed by atoms with Gasteiger partial charge in [-0.3, -0.25) is 4.79 Å². The van der Waals surface area contributed by atoms with Crippen LogP contribution in [0.2, 0.25) is 0 Å². The maximum Gasteiger partial charge on any atom is 0.179 e. The van der Waals surface area contributed by atoms with E-state index in [1.807, 2.05) is 46.9 Å². The first-order valence-corrected chi connectivity index (χ1v) is 6.50. The number of Topliss-reactive ketones (excluding diaryl/α,β-unsaturated/α-hetero) is 1. The minimum atomic E-state index is -0.110. The Hall–Kier alpha value is -1.35. The number of rotatable bonds is 6. The van der Waals surface area contributed by atoms with Gasteiger partial charge in [0.2, 0.25) is 0 Å². The van der Waals surface area contributed by atoms with E-state index in [1.54, 1.807) is 0 Å². The summed E-state index contributed by atoms with van der Waals surface area (Å²) in [5, 5.41) is 3.06. The molecule has 1 N–H and O–H groups in total. The van der Waals surface area contributed by atoms with Crippen LogP contribution in [-0.2, 0) is 0 Å². The largest absolute Gasteiger partial charge is 0.494 e. The molecule has 0 amide bonds. The summed E-state index contributed by atoms with van der Waals surface area (Å²) in [6, 6.07) is 3.78. The highest BCUT2D eigenvalue weighted by atomic mass is 16.5. The zero-order valence-electron chi connectivity index (χ0n) is 12.0. The molecular weight excluding hydrogens is 226 g/mol. The van der Waals surface area contributed by atoms with E-state index in [0.717, 1.165) is 28.9 Å². The van der Waals surface area contributed by atoms with E-state index >= 15 is 0 Å². The lowest BCUT2D eigenvalue weighted by atomic mass is 9.96. The van der Waals surface area contributed by atoms with Crippen molar-refractivity contribution in [2.75, 3.05) is 13.7 Å². The van der Waals surface area contributed by atoms with Crippen LogP contribution in [0.4, 0.5) is 0 Å². The van der Waals surface area contributed by atoms with E-state index in [4.69, 9.17) is 4.74 Å². The van der Waals surface area contributed by atoms with Gasteiger partial charge in [0.25, 0.3) is 0 Å². The van der Waals surface area contributed by atoms with Gasteiger partial charge in [-0.25, -0.2) is 0 Å². The summed E-state index contributed by atoms with van der Waals surface area (Å²) >= 11 is 0.